The summed E-state index contributed by atoms with van der Waals surface area (Å²) < 4.78 is 0. The predicted molar refractivity (Wildman–Crippen MR) is 144 cm³/mol. The van der Waals surface area contributed by atoms with Gasteiger partial charge in [0, 0.05) is 31.9 Å². The Labute approximate surface area is 211 Å². The van der Waals surface area contributed by atoms with Gasteiger partial charge >= 0.3 is 0 Å². The van der Waals surface area contributed by atoms with Crippen LogP contribution in [0, 0.1) is 19.8 Å². The molecule has 0 spiro atoms. The lowest BCUT2D eigenvalue weighted by Crippen LogP contribution is -2.51. The van der Waals surface area contributed by atoms with Gasteiger partial charge in [0.25, 0.3) is 0 Å². The molecule has 0 radical (unpaired) electrons. The minimum absolute atomic E-state index is 0.00113. The molecule has 0 unspecified atom stereocenters. The van der Waals surface area contributed by atoms with Gasteiger partial charge in [-0.3, -0.25) is 19.4 Å². The summed E-state index contributed by atoms with van der Waals surface area (Å²) in [5.74, 6) is 0.856. The molecule has 1 aliphatic heterocycles. The molecular formula is C29H42N4O2. The van der Waals surface area contributed by atoms with E-state index in [1.54, 1.807) is 0 Å². The normalized spacial score (nSPS) is 15.9. The Hall–Kier alpha value is -2.70. The summed E-state index contributed by atoms with van der Waals surface area (Å²) in [6, 6.07) is 14.6. The Morgan fingerprint density at radius 1 is 0.800 bits per heavy atom. The van der Waals surface area contributed by atoms with Crippen LogP contribution in [0.1, 0.15) is 61.9 Å². The summed E-state index contributed by atoms with van der Waals surface area (Å²) in [7, 11) is 0. The molecule has 1 fully saturated rings. The largest absolute Gasteiger partial charge is 0.348 e. The van der Waals surface area contributed by atoms with Gasteiger partial charge < -0.3 is 10.6 Å². The van der Waals surface area contributed by atoms with Crippen molar-refractivity contribution in [3.8, 4) is 0 Å². The van der Waals surface area contributed by atoms with Crippen LogP contribution in [0.4, 0.5) is 5.69 Å². The topological polar surface area (TPSA) is 64.7 Å². The van der Waals surface area contributed by atoms with Crippen LogP contribution in [-0.2, 0) is 9.59 Å². The highest BCUT2D eigenvalue weighted by Gasteiger charge is 2.23. The maximum Gasteiger partial charge on any atom is 0.238 e. The first kappa shape index (κ1) is 26.9. The van der Waals surface area contributed by atoms with Crippen LogP contribution in [-0.4, -0.2) is 60.9 Å². The van der Waals surface area contributed by atoms with E-state index in [0.29, 0.717) is 24.9 Å². The second-order valence-corrected chi connectivity index (χ2v) is 10.5. The number of nitrogens with one attached hydrogen (secondary N) is 2. The maximum atomic E-state index is 12.9. The van der Waals surface area contributed by atoms with Gasteiger partial charge in [-0.15, -0.1) is 0 Å². The molecule has 1 aliphatic rings. The summed E-state index contributed by atoms with van der Waals surface area (Å²) in [4.78, 5) is 29.7. The van der Waals surface area contributed by atoms with Gasteiger partial charge in [0.15, 0.2) is 0 Å². The Kier molecular flexibility index (Phi) is 9.47. The molecule has 0 saturated carbocycles. The van der Waals surface area contributed by atoms with Gasteiger partial charge in [-0.25, -0.2) is 0 Å². The maximum absolute atomic E-state index is 12.9. The van der Waals surface area contributed by atoms with Crippen molar-refractivity contribution < 1.29 is 9.59 Å². The quantitative estimate of drug-likeness (QED) is 0.557. The van der Waals surface area contributed by atoms with Crippen LogP contribution in [0.15, 0.2) is 42.5 Å². The highest BCUT2D eigenvalue weighted by molar-refractivity contribution is 5.93. The first-order chi connectivity index (χ1) is 16.6. The van der Waals surface area contributed by atoms with E-state index in [0.717, 1.165) is 43.0 Å². The van der Waals surface area contributed by atoms with E-state index in [-0.39, 0.29) is 17.9 Å². The molecular weight excluding hydrogens is 436 g/mol. The summed E-state index contributed by atoms with van der Waals surface area (Å²) in [5, 5.41) is 6.29. The molecule has 1 heterocycles. The van der Waals surface area contributed by atoms with Crippen LogP contribution < -0.4 is 10.6 Å². The molecule has 190 valence electrons. The van der Waals surface area contributed by atoms with Crippen LogP contribution in [0.25, 0.3) is 0 Å². The fraction of sp³-hybridized carbons (Fsp3) is 0.517. The van der Waals surface area contributed by atoms with Crippen molar-refractivity contribution in [2.24, 2.45) is 5.92 Å². The van der Waals surface area contributed by atoms with Gasteiger partial charge in [-0.2, -0.15) is 0 Å². The third-order valence-corrected chi connectivity index (χ3v) is 7.02. The highest BCUT2D eigenvalue weighted by atomic mass is 16.2. The fourth-order valence-corrected chi connectivity index (χ4v) is 4.53. The molecule has 0 bridgehead atoms. The van der Waals surface area contributed by atoms with Crippen molar-refractivity contribution in [3.63, 3.8) is 0 Å². The monoisotopic (exact) mass is 478 g/mol. The van der Waals surface area contributed by atoms with Crippen molar-refractivity contribution in [2.45, 2.75) is 53.5 Å². The number of carbonyl (C=O) groups excluding carboxylic acids is 2. The molecule has 2 amide bonds. The summed E-state index contributed by atoms with van der Waals surface area (Å²) in [5.41, 5.74) is 5.61. The minimum Gasteiger partial charge on any atom is -0.348 e. The van der Waals surface area contributed by atoms with E-state index < -0.39 is 0 Å². The summed E-state index contributed by atoms with van der Waals surface area (Å²) in [6.45, 7) is 16.6. The molecule has 1 atom stereocenters. The van der Waals surface area contributed by atoms with Crippen molar-refractivity contribution in [1.82, 2.24) is 15.1 Å². The fourth-order valence-electron chi connectivity index (χ4n) is 4.53. The number of anilines is 1. The zero-order chi connectivity index (χ0) is 25.5. The van der Waals surface area contributed by atoms with Gasteiger partial charge in [0.1, 0.15) is 0 Å². The van der Waals surface area contributed by atoms with Crippen LogP contribution in [0.3, 0.4) is 0 Å². The van der Waals surface area contributed by atoms with E-state index in [9.17, 15) is 9.59 Å². The van der Waals surface area contributed by atoms with E-state index in [1.807, 2.05) is 32.0 Å². The third-order valence-electron chi connectivity index (χ3n) is 7.02. The Morgan fingerprint density at radius 3 is 1.89 bits per heavy atom. The average molecular weight is 479 g/mol. The number of rotatable bonds is 9. The molecule has 3 rings (SSSR count). The molecule has 6 nitrogen and oxygen atoms in total. The number of nitrogens with zero attached hydrogens (tertiary/aromatic N) is 2. The van der Waals surface area contributed by atoms with Crippen LogP contribution >= 0.6 is 0 Å². The molecule has 0 aliphatic carbocycles. The third kappa shape index (κ3) is 7.64. The molecule has 0 aromatic heterocycles. The number of hydrogen-bond acceptors (Lipinski definition) is 4. The first-order valence-corrected chi connectivity index (χ1v) is 12.8. The van der Waals surface area contributed by atoms with Crippen molar-refractivity contribution >= 4 is 17.5 Å². The number of benzene rings is 2. The zero-order valence-electron chi connectivity index (χ0n) is 22.2. The predicted octanol–water partition coefficient (Wildman–Crippen LogP) is 4.50. The van der Waals surface area contributed by atoms with Crippen molar-refractivity contribution in [3.05, 3.63) is 64.7 Å². The number of amides is 2. The SMILES string of the molecule is Cc1cccc(NC(=O)CN2CCN(CC(=O)N[C@H](c3ccc(C(C)C)cc3)C(C)C)CC2)c1C. The molecule has 2 N–H and O–H groups in total. The molecule has 35 heavy (non-hydrogen) atoms. The van der Waals surface area contributed by atoms with Gasteiger partial charge in [-0.1, -0.05) is 64.1 Å². The lowest BCUT2D eigenvalue weighted by Gasteiger charge is -2.34. The Balaban J connectivity index is 1.45. The first-order valence-electron chi connectivity index (χ1n) is 12.8. The standard InChI is InChI=1S/C29H42N4O2/c1-20(2)24-10-12-25(13-11-24)29(21(3)4)31-28(35)19-33-16-14-32(15-17-33)18-27(34)30-26-9-7-8-22(5)23(26)6/h7-13,20-21,29H,14-19H2,1-6H3,(H,30,34)(H,31,35)/t29-/m0/s1. The van der Waals surface area contributed by atoms with Crippen molar-refractivity contribution in [1.29, 1.82) is 0 Å². The number of piperazine rings is 1. The van der Waals surface area contributed by atoms with Crippen LogP contribution in [0.5, 0.6) is 0 Å². The number of carbonyl (C=O) groups is 2. The van der Waals surface area contributed by atoms with Gasteiger partial charge in [0.05, 0.1) is 19.1 Å². The molecule has 1 saturated heterocycles. The summed E-state index contributed by atoms with van der Waals surface area (Å²) >= 11 is 0. The summed E-state index contributed by atoms with van der Waals surface area (Å²) in [6.07, 6.45) is 0. The lowest BCUT2D eigenvalue weighted by molar-refractivity contribution is -0.124. The second-order valence-electron chi connectivity index (χ2n) is 10.5. The lowest BCUT2D eigenvalue weighted by atomic mass is 9.93. The van der Waals surface area contributed by atoms with E-state index in [4.69, 9.17) is 0 Å². The second kappa shape index (κ2) is 12.3. The Morgan fingerprint density at radius 2 is 1.34 bits per heavy atom. The minimum atomic E-state index is -0.00113. The smallest absolute Gasteiger partial charge is 0.238 e. The molecule has 2 aromatic carbocycles. The van der Waals surface area contributed by atoms with Gasteiger partial charge in [-0.05, 0) is 54.0 Å². The molecule has 2 aromatic rings. The van der Waals surface area contributed by atoms with E-state index >= 15 is 0 Å². The number of aryl methyl sites for hydroxylation is 1. The number of hydrogen-bond donors (Lipinski definition) is 2. The van der Waals surface area contributed by atoms with Crippen LogP contribution in [0.2, 0.25) is 0 Å². The van der Waals surface area contributed by atoms with Gasteiger partial charge in [0.2, 0.25) is 11.8 Å². The zero-order valence-corrected chi connectivity index (χ0v) is 22.2. The van der Waals surface area contributed by atoms with E-state index in [1.165, 1.54) is 11.1 Å². The average Bonchev–Trinajstić information content (AvgIpc) is 2.81. The van der Waals surface area contributed by atoms with Crippen molar-refractivity contribution in [2.75, 3.05) is 44.6 Å². The molecule has 6 heteroatoms. The van der Waals surface area contributed by atoms with E-state index in [2.05, 4.69) is 72.4 Å². The highest BCUT2D eigenvalue weighted by Crippen LogP contribution is 2.24. The Bertz CT molecular complexity index is 992.